The van der Waals surface area contributed by atoms with Gasteiger partial charge in [-0.3, -0.25) is 9.69 Å². The molecule has 1 fully saturated rings. The first-order valence-corrected chi connectivity index (χ1v) is 7.22. The van der Waals surface area contributed by atoms with E-state index in [0.29, 0.717) is 30.1 Å². The monoisotopic (exact) mass is 293 g/mol. The van der Waals surface area contributed by atoms with E-state index in [0.717, 1.165) is 19.4 Å². The molecule has 0 saturated carbocycles. The number of rotatable bonds is 6. The van der Waals surface area contributed by atoms with Crippen LogP contribution in [-0.2, 0) is 4.79 Å². The number of methoxy groups -OCH3 is 1. The SMILES string of the molecule is COc1cc(N)ccc1NC(=O)CCN1CCCC1CO. The van der Waals surface area contributed by atoms with E-state index in [1.54, 1.807) is 25.3 Å². The van der Waals surface area contributed by atoms with E-state index < -0.39 is 0 Å². The van der Waals surface area contributed by atoms with Crippen LogP contribution in [0.5, 0.6) is 5.75 Å². The number of nitrogens with two attached hydrogens (primary N) is 1. The molecule has 1 aliphatic rings. The average molecular weight is 293 g/mol. The van der Waals surface area contributed by atoms with Crippen LogP contribution in [0.1, 0.15) is 19.3 Å². The van der Waals surface area contributed by atoms with Crippen LogP contribution in [0.15, 0.2) is 18.2 Å². The van der Waals surface area contributed by atoms with Crippen LogP contribution in [-0.4, -0.2) is 48.8 Å². The first-order valence-electron chi connectivity index (χ1n) is 7.22. The van der Waals surface area contributed by atoms with E-state index in [1.807, 2.05) is 0 Å². The molecule has 0 spiro atoms. The summed E-state index contributed by atoms with van der Waals surface area (Å²) in [5.74, 6) is 0.486. The Bertz CT molecular complexity index is 493. The number of carbonyl (C=O) groups excluding carboxylic acids is 1. The van der Waals surface area contributed by atoms with Crippen LogP contribution in [0.4, 0.5) is 11.4 Å². The number of nitrogen functional groups attached to an aromatic ring is 1. The van der Waals surface area contributed by atoms with Gasteiger partial charge < -0.3 is 20.9 Å². The largest absolute Gasteiger partial charge is 0.494 e. The predicted molar refractivity (Wildman–Crippen MR) is 82.3 cm³/mol. The summed E-state index contributed by atoms with van der Waals surface area (Å²) in [6.07, 6.45) is 2.48. The lowest BCUT2D eigenvalue weighted by atomic mass is 10.2. The number of ether oxygens (including phenoxy) is 1. The number of aliphatic hydroxyl groups is 1. The molecule has 2 rings (SSSR count). The lowest BCUT2D eigenvalue weighted by molar-refractivity contribution is -0.116. The third kappa shape index (κ3) is 4.09. The zero-order valence-corrected chi connectivity index (χ0v) is 12.3. The Balaban J connectivity index is 1.87. The molecule has 1 aromatic carbocycles. The van der Waals surface area contributed by atoms with Gasteiger partial charge in [-0.05, 0) is 31.5 Å². The van der Waals surface area contributed by atoms with Crippen LogP contribution in [0, 0.1) is 0 Å². The second kappa shape index (κ2) is 7.28. The van der Waals surface area contributed by atoms with Crippen molar-refractivity contribution in [3.8, 4) is 5.75 Å². The third-order valence-electron chi connectivity index (χ3n) is 3.84. The normalized spacial score (nSPS) is 18.7. The second-order valence-corrected chi connectivity index (χ2v) is 5.27. The quantitative estimate of drug-likeness (QED) is 0.683. The molecule has 1 atom stereocenters. The number of nitrogens with one attached hydrogen (secondary N) is 1. The Morgan fingerprint density at radius 1 is 1.57 bits per heavy atom. The van der Waals surface area contributed by atoms with Crippen molar-refractivity contribution in [2.24, 2.45) is 0 Å². The number of aliphatic hydroxyl groups excluding tert-OH is 1. The fourth-order valence-corrected chi connectivity index (χ4v) is 2.67. The van der Waals surface area contributed by atoms with Crippen molar-refractivity contribution in [3.05, 3.63) is 18.2 Å². The van der Waals surface area contributed by atoms with E-state index in [-0.39, 0.29) is 18.6 Å². The summed E-state index contributed by atoms with van der Waals surface area (Å²) < 4.78 is 5.20. The summed E-state index contributed by atoms with van der Waals surface area (Å²) in [6.45, 7) is 1.77. The maximum absolute atomic E-state index is 12.0. The number of likely N-dealkylation sites (tertiary alicyclic amines) is 1. The molecule has 0 aromatic heterocycles. The van der Waals surface area contributed by atoms with Gasteiger partial charge in [0, 0.05) is 30.8 Å². The average Bonchev–Trinajstić information content (AvgIpc) is 2.94. The van der Waals surface area contributed by atoms with Gasteiger partial charge in [-0.25, -0.2) is 0 Å². The number of carbonyl (C=O) groups is 1. The van der Waals surface area contributed by atoms with Crippen molar-refractivity contribution in [3.63, 3.8) is 0 Å². The number of hydrogen-bond donors (Lipinski definition) is 3. The summed E-state index contributed by atoms with van der Waals surface area (Å²) in [7, 11) is 1.54. The Labute approximate surface area is 124 Å². The van der Waals surface area contributed by atoms with Crippen LogP contribution >= 0.6 is 0 Å². The summed E-state index contributed by atoms with van der Waals surface area (Å²) in [4.78, 5) is 14.2. The van der Waals surface area contributed by atoms with E-state index in [9.17, 15) is 9.90 Å². The first kappa shape index (κ1) is 15.6. The molecule has 6 heteroatoms. The number of anilines is 2. The molecule has 1 saturated heterocycles. The minimum atomic E-state index is -0.0679. The van der Waals surface area contributed by atoms with Gasteiger partial charge in [0.15, 0.2) is 0 Å². The smallest absolute Gasteiger partial charge is 0.225 e. The maximum atomic E-state index is 12.0. The van der Waals surface area contributed by atoms with Crippen molar-refractivity contribution in [2.75, 3.05) is 37.9 Å². The highest BCUT2D eigenvalue weighted by molar-refractivity contribution is 5.92. The van der Waals surface area contributed by atoms with Crippen molar-refractivity contribution in [1.29, 1.82) is 0 Å². The molecular formula is C15H23N3O3. The molecule has 4 N–H and O–H groups in total. The zero-order valence-electron chi connectivity index (χ0n) is 12.3. The van der Waals surface area contributed by atoms with Crippen molar-refractivity contribution in [2.45, 2.75) is 25.3 Å². The van der Waals surface area contributed by atoms with Crippen LogP contribution < -0.4 is 15.8 Å². The topological polar surface area (TPSA) is 87.8 Å². The van der Waals surface area contributed by atoms with Crippen LogP contribution in [0.25, 0.3) is 0 Å². The van der Waals surface area contributed by atoms with Crippen LogP contribution in [0.3, 0.4) is 0 Å². The molecular weight excluding hydrogens is 270 g/mol. The van der Waals surface area contributed by atoms with Gasteiger partial charge in [0.1, 0.15) is 5.75 Å². The highest BCUT2D eigenvalue weighted by Gasteiger charge is 2.23. The molecule has 0 bridgehead atoms. The molecule has 1 aliphatic heterocycles. The summed E-state index contributed by atoms with van der Waals surface area (Å²) >= 11 is 0. The maximum Gasteiger partial charge on any atom is 0.225 e. The van der Waals surface area contributed by atoms with E-state index >= 15 is 0 Å². The number of nitrogens with zero attached hydrogens (tertiary/aromatic N) is 1. The number of hydrogen-bond acceptors (Lipinski definition) is 5. The van der Waals surface area contributed by atoms with Gasteiger partial charge >= 0.3 is 0 Å². The number of benzene rings is 1. The highest BCUT2D eigenvalue weighted by atomic mass is 16.5. The lowest BCUT2D eigenvalue weighted by Gasteiger charge is -2.22. The Morgan fingerprint density at radius 3 is 3.10 bits per heavy atom. The van der Waals surface area contributed by atoms with Gasteiger partial charge in [0.25, 0.3) is 0 Å². The number of amides is 1. The standard InChI is InChI=1S/C15H23N3O3/c1-21-14-9-11(16)4-5-13(14)17-15(20)6-8-18-7-2-3-12(18)10-19/h4-5,9,12,19H,2-3,6-8,10,16H2,1H3,(H,17,20). The molecule has 1 amide bonds. The molecule has 1 heterocycles. The van der Waals surface area contributed by atoms with E-state index in [1.165, 1.54) is 0 Å². The van der Waals surface area contributed by atoms with Gasteiger partial charge in [-0.1, -0.05) is 0 Å². The summed E-state index contributed by atoms with van der Waals surface area (Å²) in [6, 6.07) is 5.33. The molecule has 1 unspecified atom stereocenters. The minimum Gasteiger partial charge on any atom is -0.494 e. The fraction of sp³-hybridized carbons (Fsp3) is 0.533. The molecule has 1 aromatic rings. The van der Waals surface area contributed by atoms with E-state index in [4.69, 9.17) is 10.5 Å². The molecule has 21 heavy (non-hydrogen) atoms. The van der Waals surface area contributed by atoms with Crippen LogP contribution in [0.2, 0.25) is 0 Å². The Hall–Kier alpha value is -1.79. The predicted octanol–water partition coefficient (Wildman–Crippen LogP) is 1.06. The molecule has 6 nitrogen and oxygen atoms in total. The molecule has 0 aliphatic carbocycles. The minimum absolute atomic E-state index is 0.0679. The molecule has 116 valence electrons. The Morgan fingerprint density at radius 2 is 2.38 bits per heavy atom. The van der Waals surface area contributed by atoms with Crippen molar-refractivity contribution >= 4 is 17.3 Å². The second-order valence-electron chi connectivity index (χ2n) is 5.27. The molecule has 0 radical (unpaired) electrons. The highest BCUT2D eigenvalue weighted by Crippen LogP contribution is 2.26. The summed E-state index contributed by atoms with van der Waals surface area (Å²) in [5, 5.41) is 12.1. The zero-order chi connectivity index (χ0) is 15.2. The first-order chi connectivity index (χ1) is 10.1. The lowest BCUT2D eigenvalue weighted by Crippen LogP contribution is -2.34. The third-order valence-corrected chi connectivity index (χ3v) is 3.84. The van der Waals surface area contributed by atoms with Gasteiger partial charge in [-0.2, -0.15) is 0 Å². The van der Waals surface area contributed by atoms with E-state index in [2.05, 4.69) is 10.2 Å². The Kier molecular flexibility index (Phi) is 5.41. The van der Waals surface area contributed by atoms with Gasteiger partial charge in [0.05, 0.1) is 19.4 Å². The summed E-state index contributed by atoms with van der Waals surface area (Å²) in [5.41, 5.74) is 6.90. The van der Waals surface area contributed by atoms with Crippen molar-refractivity contribution in [1.82, 2.24) is 4.90 Å². The van der Waals surface area contributed by atoms with Gasteiger partial charge in [-0.15, -0.1) is 0 Å². The van der Waals surface area contributed by atoms with Gasteiger partial charge in [0.2, 0.25) is 5.91 Å². The van der Waals surface area contributed by atoms with Crippen molar-refractivity contribution < 1.29 is 14.6 Å². The fourth-order valence-electron chi connectivity index (χ4n) is 2.67.